The molecule has 1 N–H and O–H groups in total. The Morgan fingerprint density at radius 3 is 2.79 bits per heavy atom. The smallest absolute Gasteiger partial charge is 0.252 e. The van der Waals surface area contributed by atoms with Crippen molar-refractivity contribution in [2.24, 2.45) is 0 Å². The third kappa shape index (κ3) is 3.34. The summed E-state index contributed by atoms with van der Waals surface area (Å²) in [6.07, 6.45) is 0. The van der Waals surface area contributed by atoms with E-state index >= 15 is 0 Å². The van der Waals surface area contributed by atoms with E-state index in [0.29, 0.717) is 15.7 Å². The van der Waals surface area contributed by atoms with Crippen LogP contribution in [0, 0.1) is 9.39 Å². The molecule has 0 aliphatic heterocycles. The van der Waals surface area contributed by atoms with E-state index in [1.54, 1.807) is 0 Å². The lowest BCUT2D eigenvalue weighted by Crippen LogP contribution is -2.25. The molecule has 2 nitrogen and oxygen atoms in total. The average molecular weight is 419 g/mol. The van der Waals surface area contributed by atoms with Crippen molar-refractivity contribution in [2.45, 2.75) is 0 Å². The van der Waals surface area contributed by atoms with Gasteiger partial charge in [0.15, 0.2) is 0 Å². The summed E-state index contributed by atoms with van der Waals surface area (Å²) in [5, 5.41) is 2.74. The van der Waals surface area contributed by atoms with Crippen molar-refractivity contribution in [3.8, 4) is 0 Å². The molecule has 76 valence electrons. The summed E-state index contributed by atoms with van der Waals surface area (Å²) in [7, 11) is 0. The maximum absolute atomic E-state index is 12.7. The number of hydrogen-bond donors (Lipinski definition) is 1. The van der Waals surface area contributed by atoms with Crippen LogP contribution in [-0.2, 0) is 0 Å². The number of carbonyl (C=O) groups is 1. The van der Waals surface area contributed by atoms with Crippen LogP contribution in [0.25, 0.3) is 0 Å². The van der Waals surface area contributed by atoms with Gasteiger partial charge < -0.3 is 5.32 Å². The molecule has 1 rings (SSSR count). The fourth-order valence-corrected chi connectivity index (χ4v) is 1.92. The molecule has 1 amide bonds. The van der Waals surface area contributed by atoms with E-state index in [4.69, 9.17) is 0 Å². The van der Waals surface area contributed by atoms with Crippen LogP contribution in [0.15, 0.2) is 18.2 Å². The van der Waals surface area contributed by atoms with E-state index in [1.165, 1.54) is 18.2 Å². The number of alkyl halides is 1. The molecule has 1 aromatic rings. The van der Waals surface area contributed by atoms with Gasteiger partial charge in [0.2, 0.25) is 0 Å². The molecule has 0 aromatic heterocycles. The van der Waals surface area contributed by atoms with Crippen molar-refractivity contribution in [2.75, 3.05) is 11.0 Å². The van der Waals surface area contributed by atoms with E-state index in [1.807, 2.05) is 22.6 Å². The molecule has 0 bridgehead atoms. The predicted molar refractivity (Wildman–Crippen MR) is 70.3 cm³/mol. The van der Waals surface area contributed by atoms with Gasteiger partial charge in [-0.1, -0.05) is 22.6 Å². The Bertz CT molecular complexity index is 344. The topological polar surface area (TPSA) is 29.1 Å². The number of rotatable bonds is 3. The quantitative estimate of drug-likeness (QED) is 0.593. The molecule has 0 heterocycles. The molecule has 0 saturated heterocycles. The van der Waals surface area contributed by atoms with Crippen molar-refractivity contribution in [3.63, 3.8) is 0 Å². The minimum atomic E-state index is -0.320. The van der Waals surface area contributed by atoms with Crippen molar-refractivity contribution in [3.05, 3.63) is 33.1 Å². The molecule has 5 heteroatoms. The molecule has 1 aromatic carbocycles. The first-order valence-electron chi connectivity index (χ1n) is 3.94. The van der Waals surface area contributed by atoms with Crippen LogP contribution < -0.4 is 5.32 Å². The number of nitrogens with one attached hydrogen (secondary N) is 1. The van der Waals surface area contributed by atoms with Crippen molar-refractivity contribution < 1.29 is 9.18 Å². The average Bonchev–Trinajstić information content (AvgIpc) is 2.14. The van der Waals surface area contributed by atoms with Gasteiger partial charge >= 0.3 is 0 Å². The lowest BCUT2D eigenvalue weighted by Gasteiger charge is -2.04. The third-order valence-corrected chi connectivity index (χ3v) is 2.99. The normalized spacial score (nSPS) is 9.93. The molecule has 0 aliphatic carbocycles. The van der Waals surface area contributed by atoms with E-state index in [9.17, 15) is 9.18 Å². The fourth-order valence-electron chi connectivity index (χ4n) is 0.930. The molecule has 0 atom stereocenters. The van der Waals surface area contributed by atoms with Gasteiger partial charge in [-0.15, -0.1) is 0 Å². The second-order valence-electron chi connectivity index (χ2n) is 2.57. The first kappa shape index (κ1) is 12.2. The number of hydrogen-bond acceptors (Lipinski definition) is 1. The molecular weight excluding hydrogens is 411 g/mol. The lowest BCUT2D eigenvalue weighted by molar-refractivity contribution is 0.0955. The van der Waals surface area contributed by atoms with E-state index in [2.05, 4.69) is 27.9 Å². The zero-order valence-electron chi connectivity index (χ0n) is 7.19. The number of amides is 1. The lowest BCUT2D eigenvalue weighted by atomic mass is 10.2. The van der Waals surface area contributed by atoms with Gasteiger partial charge in [0, 0.05) is 14.5 Å². The van der Waals surface area contributed by atoms with Crippen LogP contribution in [0.1, 0.15) is 10.4 Å². The highest BCUT2D eigenvalue weighted by molar-refractivity contribution is 14.1. The van der Waals surface area contributed by atoms with Crippen molar-refractivity contribution in [1.29, 1.82) is 0 Å². The molecule has 14 heavy (non-hydrogen) atoms. The molecule has 0 saturated carbocycles. The molecule has 0 unspecified atom stereocenters. The van der Waals surface area contributed by atoms with Gasteiger partial charge in [-0.25, -0.2) is 4.39 Å². The Kier molecular flexibility index (Phi) is 5.07. The number of carbonyl (C=O) groups excluding carboxylic acids is 1. The van der Waals surface area contributed by atoms with Crippen molar-refractivity contribution in [1.82, 2.24) is 5.32 Å². The van der Waals surface area contributed by atoms with Gasteiger partial charge in [0.1, 0.15) is 5.82 Å². The summed E-state index contributed by atoms with van der Waals surface area (Å²) in [6, 6.07) is 4.14. The first-order chi connectivity index (χ1) is 6.65. The van der Waals surface area contributed by atoms with Crippen LogP contribution in [0.3, 0.4) is 0 Å². The zero-order chi connectivity index (χ0) is 10.6. The summed E-state index contributed by atoms with van der Waals surface area (Å²) >= 11 is 4.13. The molecule has 0 spiro atoms. The highest BCUT2D eigenvalue weighted by Gasteiger charge is 2.09. The second kappa shape index (κ2) is 5.84. The van der Waals surface area contributed by atoms with Gasteiger partial charge in [0.25, 0.3) is 5.91 Å². The van der Waals surface area contributed by atoms with Crippen LogP contribution in [0.5, 0.6) is 0 Å². The minimum absolute atomic E-state index is 0.147. The Morgan fingerprint density at radius 2 is 2.21 bits per heavy atom. The van der Waals surface area contributed by atoms with Gasteiger partial charge in [-0.05, 0) is 40.8 Å². The maximum Gasteiger partial charge on any atom is 0.252 e. The standard InChI is InChI=1S/C9H8FI2NO/c10-6-1-2-7(8(12)5-6)9(14)13-4-3-11/h1-2,5H,3-4H2,(H,13,14). The molecular formula is C9H8FI2NO. The fraction of sp³-hybridized carbons (Fsp3) is 0.222. The monoisotopic (exact) mass is 419 g/mol. The maximum atomic E-state index is 12.7. The SMILES string of the molecule is O=C(NCCI)c1ccc(F)cc1I. The Labute approximate surface area is 109 Å². The summed E-state index contributed by atoms with van der Waals surface area (Å²) in [5.74, 6) is -0.467. The van der Waals surface area contributed by atoms with Gasteiger partial charge in [-0.2, -0.15) is 0 Å². The molecule has 0 fully saturated rings. The Hall–Kier alpha value is 0.0800. The summed E-state index contributed by atoms with van der Waals surface area (Å²) < 4.78 is 14.2. The Morgan fingerprint density at radius 1 is 1.50 bits per heavy atom. The third-order valence-electron chi connectivity index (χ3n) is 1.56. The van der Waals surface area contributed by atoms with Crippen LogP contribution >= 0.6 is 45.2 Å². The molecule has 0 aliphatic rings. The largest absolute Gasteiger partial charge is 0.351 e. The second-order valence-corrected chi connectivity index (χ2v) is 4.81. The summed E-state index contributed by atoms with van der Waals surface area (Å²) in [4.78, 5) is 11.5. The number of halogens is 3. The van der Waals surface area contributed by atoms with Crippen LogP contribution in [0.4, 0.5) is 4.39 Å². The first-order valence-corrected chi connectivity index (χ1v) is 6.55. The van der Waals surface area contributed by atoms with E-state index in [-0.39, 0.29) is 11.7 Å². The van der Waals surface area contributed by atoms with Crippen LogP contribution in [-0.4, -0.2) is 16.9 Å². The predicted octanol–water partition coefficient (Wildman–Crippen LogP) is 2.60. The minimum Gasteiger partial charge on any atom is -0.351 e. The van der Waals surface area contributed by atoms with Crippen molar-refractivity contribution >= 4 is 51.1 Å². The highest BCUT2D eigenvalue weighted by atomic mass is 127. The van der Waals surface area contributed by atoms with Gasteiger partial charge in [0.05, 0.1) is 5.56 Å². The molecule has 0 radical (unpaired) electrons. The highest BCUT2D eigenvalue weighted by Crippen LogP contribution is 2.13. The van der Waals surface area contributed by atoms with E-state index < -0.39 is 0 Å². The zero-order valence-corrected chi connectivity index (χ0v) is 11.5. The summed E-state index contributed by atoms with van der Waals surface area (Å²) in [5.41, 5.74) is 0.525. The Balaban J connectivity index is 2.80. The summed E-state index contributed by atoms with van der Waals surface area (Å²) in [6.45, 7) is 0.632. The van der Waals surface area contributed by atoms with Gasteiger partial charge in [-0.3, -0.25) is 4.79 Å². The van der Waals surface area contributed by atoms with Crippen LogP contribution in [0.2, 0.25) is 0 Å². The van der Waals surface area contributed by atoms with E-state index in [0.717, 1.165) is 4.43 Å². The number of benzene rings is 1.